The fraction of sp³-hybridized carbons (Fsp3) is 0.417. The highest BCUT2D eigenvalue weighted by atomic mass is 14.8. The molecular formula is C24H36N2. The third-order valence-corrected chi connectivity index (χ3v) is 3.72. The smallest absolute Gasteiger partial charge is 0.0886 e. The summed E-state index contributed by atoms with van der Waals surface area (Å²) in [4.78, 5) is 8.74. The van der Waals surface area contributed by atoms with Gasteiger partial charge in [-0.15, -0.1) is 6.58 Å². The lowest BCUT2D eigenvalue weighted by molar-refractivity contribution is 0.825. The molecule has 0 amide bonds. The largest absolute Gasteiger partial charge is 0.255 e. The van der Waals surface area contributed by atoms with Crippen LogP contribution < -0.4 is 0 Å². The van der Waals surface area contributed by atoms with E-state index in [9.17, 15) is 0 Å². The Hall–Kier alpha value is -2.22. The molecule has 0 aliphatic carbocycles. The molecule has 2 nitrogen and oxygen atoms in total. The van der Waals surface area contributed by atoms with Crippen molar-refractivity contribution in [2.24, 2.45) is 0 Å². The Morgan fingerprint density at radius 3 is 2.00 bits per heavy atom. The van der Waals surface area contributed by atoms with E-state index in [2.05, 4.69) is 56.9 Å². The quantitative estimate of drug-likeness (QED) is 0.476. The highest BCUT2D eigenvalue weighted by Crippen LogP contribution is 2.20. The Morgan fingerprint density at radius 2 is 1.58 bits per heavy atom. The molecule has 0 aliphatic rings. The maximum Gasteiger partial charge on any atom is 0.0886 e. The first-order valence-corrected chi connectivity index (χ1v) is 9.80. The topological polar surface area (TPSA) is 25.8 Å². The highest BCUT2D eigenvalue weighted by Gasteiger charge is 2.02. The standard InChI is InChI=1S/C16H18N2.C4H10.C4H8/c1-3-4-7-13(2)14-9-10-16(18-12-14)15-8-5-6-11-17-15;2*1-3-4-2/h5-6,8-12H,2-4,7H2,1H3;3-4H2,1-2H3;3H,1,4H2,2H3. The van der Waals surface area contributed by atoms with Crippen LogP contribution in [0, 0.1) is 0 Å². The van der Waals surface area contributed by atoms with Gasteiger partial charge in [0.2, 0.25) is 0 Å². The molecule has 0 fully saturated rings. The van der Waals surface area contributed by atoms with E-state index in [-0.39, 0.29) is 0 Å². The SMILES string of the molecule is C=C(CCCC)c1ccc(-c2ccccn2)nc1.C=CCC.CCCC. The number of allylic oxidation sites excluding steroid dienone is 2. The van der Waals surface area contributed by atoms with E-state index < -0.39 is 0 Å². The molecule has 0 bridgehead atoms. The predicted octanol–water partition coefficient (Wildman–Crippen LogP) is 7.74. The Balaban J connectivity index is 0.000000662. The van der Waals surface area contributed by atoms with E-state index in [1.54, 1.807) is 6.20 Å². The number of pyridine rings is 2. The van der Waals surface area contributed by atoms with Crippen LogP contribution >= 0.6 is 0 Å². The van der Waals surface area contributed by atoms with Gasteiger partial charge in [0.15, 0.2) is 0 Å². The number of hydrogen-bond donors (Lipinski definition) is 0. The molecule has 0 aromatic carbocycles. The van der Waals surface area contributed by atoms with Crippen molar-refractivity contribution < 1.29 is 0 Å². The third kappa shape index (κ3) is 10.6. The molecule has 142 valence electrons. The summed E-state index contributed by atoms with van der Waals surface area (Å²) in [6.07, 6.45) is 12.7. The normalized spacial score (nSPS) is 9.23. The van der Waals surface area contributed by atoms with Crippen molar-refractivity contribution in [3.63, 3.8) is 0 Å². The monoisotopic (exact) mass is 352 g/mol. The van der Waals surface area contributed by atoms with Gasteiger partial charge in [0.1, 0.15) is 0 Å². The zero-order chi connectivity index (χ0) is 19.6. The van der Waals surface area contributed by atoms with Crippen LogP contribution in [0.3, 0.4) is 0 Å². The van der Waals surface area contributed by atoms with Gasteiger partial charge in [-0.25, -0.2) is 0 Å². The third-order valence-electron chi connectivity index (χ3n) is 3.72. The van der Waals surface area contributed by atoms with E-state index in [1.165, 1.54) is 25.7 Å². The molecular weight excluding hydrogens is 316 g/mol. The molecule has 0 spiro atoms. The Morgan fingerprint density at radius 1 is 0.923 bits per heavy atom. The minimum atomic E-state index is 0.905. The minimum absolute atomic E-state index is 0.905. The van der Waals surface area contributed by atoms with E-state index in [0.29, 0.717) is 0 Å². The summed E-state index contributed by atoms with van der Waals surface area (Å²) >= 11 is 0. The van der Waals surface area contributed by atoms with Crippen LogP contribution in [0.2, 0.25) is 0 Å². The van der Waals surface area contributed by atoms with E-state index in [4.69, 9.17) is 0 Å². The fourth-order valence-electron chi connectivity index (χ4n) is 1.80. The second-order valence-corrected chi connectivity index (χ2v) is 6.05. The van der Waals surface area contributed by atoms with Gasteiger partial charge in [-0.05, 0) is 48.6 Å². The molecule has 26 heavy (non-hydrogen) atoms. The van der Waals surface area contributed by atoms with Crippen LogP contribution in [0.4, 0.5) is 0 Å². The highest BCUT2D eigenvalue weighted by molar-refractivity contribution is 5.64. The van der Waals surface area contributed by atoms with Crippen LogP contribution in [0.25, 0.3) is 17.0 Å². The number of hydrogen-bond acceptors (Lipinski definition) is 2. The predicted molar refractivity (Wildman–Crippen MR) is 117 cm³/mol. The summed E-state index contributed by atoms with van der Waals surface area (Å²) in [5.74, 6) is 0. The Bertz CT molecular complexity index is 583. The summed E-state index contributed by atoms with van der Waals surface area (Å²) in [5.41, 5.74) is 4.10. The molecule has 2 heterocycles. The molecule has 2 rings (SSSR count). The Kier molecular flexibility index (Phi) is 14.9. The molecule has 0 unspecified atom stereocenters. The second kappa shape index (κ2) is 16.3. The fourth-order valence-corrected chi connectivity index (χ4v) is 1.80. The van der Waals surface area contributed by atoms with Gasteiger partial charge in [-0.1, -0.05) is 71.7 Å². The summed E-state index contributed by atoms with van der Waals surface area (Å²) in [6.45, 7) is 16.2. The first-order valence-electron chi connectivity index (χ1n) is 9.80. The Labute approximate surface area is 161 Å². The molecule has 0 aliphatic heterocycles. The first-order chi connectivity index (χ1) is 12.6. The van der Waals surface area contributed by atoms with Crippen molar-refractivity contribution in [2.45, 2.75) is 66.2 Å². The van der Waals surface area contributed by atoms with Crippen molar-refractivity contribution in [2.75, 3.05) is 0 Å². The van der Waals surface area contributed by atoms with Gasteiger partial charge < -0.3 is 0 Å². The van der Waals surface area contributed by atoms with E-state index in [0.717, 1.165) is 35.4 Å². The minimum Gasteiger partial charge on any atom is -0.255 e. The molecule has 0 atom stereocenters. The van der Waals surface area contributed by atoms with Gasteiger partial charge in [0.05, 0.1) is 11.4 Å². The summed E-state index contributed by atoms with van der Waals surface area (Å²) in [7, 11) is 0. The lowest BCUT2D eigenvalue weighted by Crippen LogP contribution is -1.89. The molecule has 0 saturated carbocycles. The average Bonchev–Trinajstić information content (AvgIpc) is 2.73. The maximum absolute atomic E-state index is 4.45. The van der Waals surface area contributed by atoms with Gasteiger partial charge in [-0.2, -0.15) is 0 Å². The molecule has 2 aromatic rings. The summed E-state index contributed by atoms with van der Waals surface area (Å²) < 4.78 is 0. The van der Waals surface area contributed by atoms with E-state index >= 15 is 0 Å². The van der Waals surface area contributed by atoms with Crippen LogP contribution in [0.15, 0.2) is 62.0 Å². The maximum atomic E-state index is 4.45. The number of aromatic nitrogens is 2. The summed E-state index contributed by atoms with van der Waals surface area (Å²) in [5, 5.41) is 0. The molecule has 0 radical (unpaired) electrons. The van der Waals surface area contributed by atoms with E-state index in [1.807, 2.05) is 36.5 Å². The van der Waals surface area contributed by atoms with Crippen LogP contribution in [0.1, 0.15) is 71.8 Å². The van der Waals surface area contributed by atoms with Gasteiger partial charge >= 0.3 is 0 Å². The van der Waals surface area contributed by atoms with Gasteiger partial charge in [-0.3, -0.25) is 9.97 Å². The zero-order valence-electron chi connectivity index (χ0n) is 17.2. The van der Waals surface area contributed by atoms with Crippen molar-refractivity contribution in [1.82, 2.24) is 9.97 Å². The number of nitrogens with zero attached hydrogens (tertiary/aromatic N) is 2. The molecule has 0 N–H and O–H groups in total. The zero-order valence-corrected chi connectivity index (χ0v) is 17.2. The molecule has 2 heteroatoms. The average molecular weight is 353 g/mol. The lowest BCUT2D eigenvalue weighted by atomic mass is 10.0. The second-order valence-electron chi connectivity index (χ2n) is 6.05. The first kappa shape index (κ1) is 23.8. The molecule has 2 aromatic heterocycles. The number of unbranched alkanes of at least 4 members (excludes halogenated alkanes) is 2. The van der Waals surface area contributed by atoms with Crippen molar-refractivity contribution in [3.05, 3.63) is 67.5 Å². The van der Waals surface area contributed by atoms with Crippen molar-refractivity contribution >= 4 is 5.57 Å². The van der Waals surface area contributed by atoms with Crippen LogP contribution in [-0.4, -0.2) is 9.97 Å². The van der Waals surface area contributed by atoms with Gasteiger partial charge in [0, 0.05) is 12.4 Å². The molecule has 0 saturated heterocycles. The van der Waals surface area contributed by atoms with Crippen molar-refractivity contribution in [3.8, 4) is 11.4 Å². The van der Waals surface area contributed by atoms with Gasteiger partial charge in [0.25, 0.3) is 0 Å². The number of rotatable bonds is 7. The van der Waals surface area contributed by atoms with Crippen LogP contribution in [-0.2, 0) is 0 Å². The van der Waals surface area contributed by atoms with Crippen molar-refractivity contribution in [1.29, 1.82) is 0 Å². The lowest BCUT2D eigenvalue weighted by Gasteiger charge is -2.05. The summed E-state index contributed by atoms with van der Waals surface area (Å²) in [6, 6.07) is 9.93. The van der Waals surface area contributed by atoms with Crippen LogP contribution in [0.5, 0.6) is 0 Å².